The van der Waals surface area contributed by atoms with Crippen LogP contribution in [0.5, 0.6) is 5.75 Å². The summed E-state index contributed by atoms with van der Waals surface area (Å²) >= 11 is 0. The van der Waals surface area contributed by atoms with E-state index in [2.05, 4.69) is 9.97 Å². The Bertz CT molecular complexity index is 1240. The number of hydrogen-bond acceptors (Lipinski definition) is 7. The maximum atomic E-state index is 14.5. The van der Waals surface area contributed by atoms with Gasteiger partial charge in [0, 0.05) is 50.3 Å². The van der Waals surface area contributed by atoms with E-state index in [1.54, 1.807) is 17.3 Å². The fourth-order valence-electron chi connectivity index (χ4n) is 4.34. The van der Waals surface area contributed by atoms with Gasteiger partial charge in [0.1, 0.15) is 10.7 Å². The van der Waals surface area contributed by atoms with Crippen LogP contribution in [-0.4, -0.2) is 66.6 Å². The van der Waals surface area contributed by atoms with Crippen LogP contribution in [-0.2, 0) is 25.8 Å². The molecule has 2 atom stereocenters. The predicted molar refractivity (Wildman–Crippen MR) is 122 cm³/mol. The summed E-state index contributed by atoms with van der Waals surface area (Å²) in [4.78, 5) is 36.7. The molecule has 2 fully saturated rings. The van der Waals surface area contributed by atoms with Crippen molar-refractivity contribution in [1.29, 1.82) is 0 Å². The minimum Gasteiger partial charge on any atom is -0.477 e. The summed E-state index contributed by atoms with van der Waals surface area (Å²) in [6.07, 6.45) is 5.29. The Morgan fingerprint density at radius 2 is 1.80 bits per heavy atom. The molecule has 2 saturated heterocycles. The summed E-state index contributed by atoms with van der Waals surface area (Å²) in [5.41, 5.74) is 0.961. The summed E-state index contributed by atoms with van der Waals surface area (Å²) in [5, 5.41) is 0. The maximum Gasteiger partial charge on any atom is 0.263 e. The van der Waals surface area contributed by atoms with Crippen molar-refractivity contribution in [2.75, 3.05) is 24.2 Å². The first-order valence-electron chi connectivity index (χ1n) is 11.4. The number of ether oxygens (including phenoxy) is 1. The second kappa shape index (κ2) is 9.84. The molecule has 3 heterocycles. The summed E-state index contributed by atoms with van der Waals surface area (Å²) in [7, 11) is -3.96. The first-order valence-corrected chi connectivity index (χ1v) is 13.2. The zero-order valence-electron chi connectivity index (χ0n) is 19.4. The van der Waals surface area contributed by atoms with Crippen LogP contribution >= 0.6 is 0 Å². The van der Waals surface area contributed by atoms with Gasteiger partial charge in [0.25, 0.3) is 5.91 Å². The van der Waals surface area contributed by atoms with Crippen molar-refractivity contribution in [3.05, 3.63) is 41.7 Å². The second-order valence-corrected chi connectivity index (χ2v) is 10.7. The predicted octanol–water partition coefficient (Wildman–Crippen LogP) is 2.29. The van der Waals surface area contributed by atoms with E-state index in [1.165, 1.54) is 4.90 Å². The number of likely N-dealkylation sites (tertiary alicyclic amines) is 1. The van der Waals surface area contributed by atoms with Gasteiger partial charge in [-0.3, -0.25) is 14.5 Å². The standard InChI is InChI=1S/C23H26F2N4O5S/c1-3-14-12-26-23(27-13-14)29-8-6-15(9-21(29)30)28-7-4-5-18(22(28)31)34-19-10-17(25)20(11-16(19)24)35(2,32)33/h10-13,15,18H,3-9H2,1-2H3. The highest BCUT2D eigenvalue weighted by atomic mass is 32.2. The summed E-state index contributed by atoms with van der Waals surface area (Å²) in [6.45, 7) is 2.75. The highest BCUT2D eigenvalue weighted by Crippen LogP contribution is 2.29. The number of rotatable bonds is 6. The van der Waals surface area contributed by atoms with E-state index in [1.807, 2.05) is 6.92 Å². The average molecular weight is 509 g/mol. The van der Waals surface area contributed by atoms with Crippen LogP contribution in [0.3, 0.4) is 0 Å². The first-order chi connectivity index (χ1) is 16.6. The number of carbonyl (C=O) groups excluding carboxylic acids is 2. The number of aromatic nitrogens is 2. The Morgan fingerprint density at radius 1 is 1.09 bits per heavy atom. The summed E-state index contributed by atoms with van der Waals surface area (Å²) in [5.74, 6) is -3.06. The molecule has 1 aromatic carbocycles. The maximum absolute atomic E-state index is 14.5. The molecule has 2 unspecified atom stereocenters. The fourth-order valence-corrected chi connectivity index (χ4v) is 5.07. The fraction of sp³-hybridized carbons (Fsp3) is 0.478. The van der Waals surface area contributed by atoms with Crippen molar-refractivity contribution in [3.63, 3.8) is 0 Å². The first kappa shape index (κ1) is 25.0. The molecule has 0 saturated carbocycles. The van der Waals surface area contributed by atoms with E-state index in [4.69, 9.17) is 4.74 Å². The summed E-state index contributed by atoms with van der Waals surface area (Å²) in [6, 6.07) is 0.833. The van der Waals surface area contributed by atoms with Gasteiger partial charge in [0.2, 0.25) is 11.9 Å². The lowest BCUT2D eigenvalue weighted by Crippen LogP contribution is -2.55. The second-order valence-electron chi connectivity index (χ2n) is 8.70. The van der Waals surface area contributed by atoms with Gasteiger partial charge in [-0.05, 0) is 37.3 Å². The molecule has 0 radical (unpaired) electrons. The number of carbonyl (C=O) groups is 2. The van der Waals surface area contributed by atoms with Gasteiger partial charge in [-0.1, -0.05) is 6.92 Å². The van der Waals surface area contributed by atoms with Crippen LogP contribution in [0, 0.1) is 11.6 Å². The Morgan fingerprint density at radius 3 is 2.43 bits per heavy atom. The molecule has 1 aromatic heterocycles. The van der Waals surface area contributed by atoms with E-state index in [0.29, 0.717) is 44.0 Å². The number of aryl methyl sites for hydroxylation is 1. The van der Waals surface area contributed by atoms with Crippen molar-refractivity contribution in [3.8, 4) is 5.75 Å². The normalized spacial score (nSPS) is 21.4. The molecule has 2 aromatic rings. The van der Waals surface area contributed by atoms with E-state index >= 15 is 0 Å². The molecule has 2 amide bonds. The molecular formula is C23H26F2N4O5S. The van der Waals surface area contributed by atoms with Crippen molar-refractivity contribution in [2.24, 2.45) is 0 Å². The molecule has 12 heteroatoms. The number of sulfone groups is 1. The highest BCUT2D eigenvalue weighted by molar-refractivity contribution is 7.90. The highest BCUT2D eigenvalue weighted by Gasteiger charge is 2.39. The number of amides is 2. The van der Waals surface area contributed by atoms with E-state index in [9.17, 15) is 26.8 Å². The van der Waals surface area contributed by atoms with Crippen LogP contribution in [0.2, 0.25) is 0 Å². The third-order valence-electron chi connectivity index (χ3n) is 6.26. The molecule has 0 spiro atoms. The van der Waals surface area contributed by atoms with Crippen LogP contribution in [0.1, 0.15) is 38.2 Å². The number of hydrogen-bond donors (Lipinski definition) is 0. The Hall–Kier alpha value is -3.15. The van der Waals surface area contributed by atoms with E-state index < -0.39 is 44.1 Å². The van der Waals surface area contributed by atoms with E-state index in [0.717, 1.165) is 18.2 Å². The molecule has 0 aliphatic carbocycles. The zero-order valence-corrected chi connectivity index (χ0v) is 20.2. The number of halogens is 2. The SMILES string of the molecule is CCc1cnc(N2CCC(N3CCCC(Oc4cc(F)c(S(C)(=O)=O)cc4F)C3=O)CC2=O)nc1. The number of anilines is 1. The van der Waals surface area contributed by atoms with Gasteiger partial charge in [-0.15, -0.1) is 0 Å². The lowest BCUT2D eigenvalue weighted by atomic mass is 9.98. The Kier molecular flexibility index (Phi) is 7.02. The minimum absolute atomic E-state index is 0.0867. The molecule has 0 bridgehead atoms. The Labute approximate surface area is 202 Å². The van der Waals surface area contributed by atoms with Crippen LogP contribution in [0.15, 0.2) is 29.4 Å². The topological polar surface area (TPSA) is 110 Å². The summed E-state index contributed by atoms with van der Waals surface area (Å²) < 4.78 is 57.4. The zero-order chi connectivity index (χ0) is 25.3. The molecule has 2 aliphatic rings. The van der Waals surface area contributed by atoms with Gasteiger partial charge in [-0.25, -0.2) is 27.2 Å². The largest absolute Gasteiger partial charge is 0.477 e. The molecular weight excluding hydrogens is 482 g/mol. The molecule has 0 N–H and O–H groups in total. The molecule has 4 rings (SSSR count). The third-order valence-corrected chi connectivity index (χ3v) is 7.37. The van der Waals surface area contributed by atoms with Gasteiger partial charge in [0.05, 0.1) is 0 Å². The molecule has 9 nitrogen and oxygen atoms in total. The Balaban J connectivity index is 1.44. The van der Waals surface area contributed by atoms with Crippen LogP contribution in [0.25, 0.3) is 0 Å². The quantitative estimate of drug-likeness (QED) is 0.589. The third kappa shape index (κ3) is 5.26. The van der Waals surface area contributed by atoms with Crippen LogP contribution in [0.4, 0.5) is 14.7 Å². The lowest BCUT2D eigenvalue weighted by Gasteiger charge is -2.41. The molecule has 35 heavy (non-hydrogen) atoms. The van der Waals surface area contributed by atoms with Crippen LogP contribution < -0.4 is 9.64 Å². The minimum atomic E-state index is -3.96. The monoisotopic (exact) mass is 508 g/mol. The van der Waals surface area contributed by atoms with Crippen molar-refractivity contribution in [2.45, 2.75) is 56.1 Å². The van der Waals surface area contributed by atoms with E-state index in [-0.39, 0.29) is 24.8 Å². The van der Waals surface area contributed by atoms with Crippen molar-refractivity contribution < 1.29 is 31.5 Å². The number of nitrogens with zero attached hydrogens (tertiary/aromatic N) is 4. The number of benzene rings is 1. The smallest absolute Gasteiger partial charge is 0.263 e. The molecule has 2 aliphatic heterocycles. The molecule has 188 valence electrons. The van der Waals surface area contributed by atoms with Gasteiger partial charge in [0.15, 0.2) is 27.5 Å². The van der Waals surface area contributed by atoms with Gasteiger partial charge in [-0.2, -0.15) is 0 Å². The van der Waals surface area contributed by atoms with Gasteiger partial charge < -0.3 is 9.64 Å². The number of piperidine rings is 2. The lowest BCUT2D eigenvalue weighted by molar-refractivity contribution is -0.146. The van der Waals surface area contributed by atoms with Crippen molar-refractivity contribution >= 4 is 27.6 Å². The van der Waals surface area contributed by atoms with Gasteiger partial charge >= 0.3 is 0 Å². The average Bonchev–Trinajstić information content (AvgIpc) is 2.82. The van der Waals surface area contributed by atoms with Crippen molar-refractivity contribution in [1.82, 2.24) is 14.9 Å².